The van der Waals surface area contributed by atoms with Crippen LogP contribution in [0.4, 0.5) is 0 Å². The lowest BCUT2D eigenvalue weighted by molar-refractivity contribution is 0.0961. The topological polar surface area (TPSA) is 198 Å². The third-order valence-electron chi connectivity index (χ3n) is 7.20. The molecule has 1 atom stereocenters. The van der Waals surface area contributed by atoms with E-state index in [0.29, 0.717) is 11.1 Å². The fourth-order valence-corrected chi connectivity index (χ4v) is 5.23. The van der Waals surface area contributed by atoms with Gasteiger partial charge >= 0.3 is 0 Å². The van der Waals surface area contributed by atoms with Crippen LogP contribution in [0.2, 0.25) is 0 Å². The molecule has 4 aromatic carbocycles. The van der Waals surface area contributed by atoms with E-state index in [1.54, 1.807) is 6.07 Å². The van der Waals surface area contributed by atoms with E-state index in [-0.39, 0.29) is 75.2 Å². The van der Waals surface area contributed by atoms with Gasteiger partial charge in [-0.2, -0.15) is 0 Å². The Hall–Kier alpha value is -5.84. The second kappa shape index (κ2) is 9.66. The zero-order valence-corrected chi connectivity index (χ0v) is 21.5. The molecule has 5 aromatic rings. The molecule has 6 rings (SSSR count). The van der Waals surface area contributed by atoms with Crippen molar-refractivity contribution in [2.24, 2.45) is 0 Å². The molecule has 11 heteroatoms. The molecule has 1 aromatic heterocycles. The smallest absolute Gasteiger partial charge is 0.239 e. The molecule has 0 saturated carbocycles. The zero-order valence-electron chi connectivity index (χ0n) is 21.5. The van der Waals surface area contributed by atoms with Gasteiger partial charge in [-0.3, -0.25) is 9.59 Å². The molecule has 7 N–H and O–H groups in total. The number of phenols is 7. The minimum atomic E-state index is -0.845. The summed E-state index contributed by atoms with van der Waals surface area (Å²) in [6, 6.07) is 12.6. The van der Waals surface area contributed by atoms with Gasteiger partial charge in [-0.1, -0.05) is 6.07 Å². The number of ether oxygens (including phenoxy) is 1. The Labute approximate surface area is 236 Å². The largest absolute Gasteiger partial charge is 0.508 e. The van der Waals surface area contributed by atoms with Gasteiger partial charge in [0.15, 0.2) is 34.5 Å². The van der Waals surface area contributed by atoms with E-state index < -0.39 is 34.3 Å². The molecule has 0 spiro atoms. The summed E-state index contributed by atoms with van der Waals surface area (Å²) in [5.41, 5.74) is 0.156. The van der Waals surface area contributed by atoms with Crippen LogP contribution in [-0.4, -0.2) is 41.5 Å². The van der Waals surface area contributed by atoms with E-state index in [1.807, 2.05) is 0 Å². The van der Waals surface area contributed by atoms with Gasteiger partial charge in [0.1, 0.15) is 34.0 Å². The van der Waals surface area contributed by atoms with Gasteiger partial charge in [-0.25, -0.2) is 0 Å². The van der Waals surface area contributed by atoms with Crippen molar-refractivity contribution in [1.29, 1.82) is 0 Å². The number of fused-ring (bicyclic) bond motifs is 2. The second-order valence-corrected chi connectivity index (χ2v) is 9.99. The van der Waals surface area contributed by atoms with E-state index >= 15 is 0 Å². The van der Waals surface area contributed by atoms with E-state index in [9.17, 15) is 45.3 Å². The second-order valence-electron chi connectivity index (χ2n) is 9.99. The predicted molar refractivity (Wildman–Crippen MR) is 148 cm³/mol. The van der Waals surface area contributed by atoms with Crippen molar-refractivity contribution >= 4 is 16.8 Å². The molecule has 0 saturated heterocycles. The van der Waals surface area contributed by atoms with Gasteiger partial charge in [0, 0.05) is 30.2 Å². The van der Waals surface area contributed by atoms with Crippen LogP contribution < -0.4 is 10.2 Å². The highest BCUT2D eigenvalue weighted by Gasteiger charge is 2.31. The monoisotopic (exact) mass is 570 g/mol. The molecule has 1 aliphatic rings. The summed E-state index contributed by atoms with van der Waals surface area (Å²) in [6.07, 6.45) is 0.293. The quantitative estimate of drug-likeness (QED) is 0.142. The standard InChI is InChI=1S/C31H22O11/c32-17-10-24(38)28-26(11-17)42-30(14-2-4-20(34)22(36)8-14)31(29(28)40)41-18-6-16-5-15(9-23(37)27(16)25(39)12-18)13-1-3-19(33)21(35)7-13/h1-4,6-8,10-12,15,32-36,38-39H,5,9H2. The molecule has 212 valence electrons. The van der Waals surface area contributed by atoms with E-state index in [1.165, 1.54) is 24.3 Å². The fraction of sp³-hybridized carbons (Fsp3) is 0.0968. The third-order valence-corrected chi connectivity index (χ3v) is 7.20. The number of benzene rings is 4. The Morgan fingerprint density at radius 1 is 0.690 bits per heavy atom. The number of Topliss-reactive ketones (excluding diaryl/α,β-unsaturated/α-hetero) is 1. The Morgan fingerprint density at radius 2 is 1.40 bits per heavy atom. The summed E-state index contributed by atoms with van der Waals surface area (Å²) in [6.45, 7) is 0. The lowest BCUT2D eigenvalue weighted by Crippen LogP contribution is -2.19. The summed E-state index contributed by atoms with van der Waals surface area (Å²) >= 11 is 0. The number of hydrogen-bond acceptors (Lipinski definition) is 11. The average molecular weight is 571 g/mol. The molecule has 11 nitrogen and oxygen atoms in total. The van der Waals surface area contributed by atoms with Gasteiger partial charge in [-0.05, 0) is 59.9 Å². The maximum atomic E-state index is 13.6. The number of carbonyl (C=O) groups is 1. The van der Waals surface area contributed by atoms with E-state index in [4.69, 9.17) is 9.15 Å². The molecular formula is C31H22O11. The molecule has 1 heterocycles. The number of carbonyl (C=O) groups excluding carboxylic acids is 1. The van der Waals surface area contributed by atoms with Crippen LogP contribution in [0.1, 0.15) is 33.8 Å². The van der Waals surface area contributed by atoms with Gasteiger partial charge < -0.3 is 44.9 Å². The van der Waals surface area contributed by atoms with Gasteiger partial charge in [0.05, 0.1) is 5.56 Å². The van der Waals surface area contributed by atoms with Crippen LogP contribution in [0.25, 0.3) is 22.3 Å². The summed E-state index contributed by atoms with van der Waals surface area (Å²) < 4.78 is 11.8. The average Bonchev–Trinajstić information content (AvgIpc) is 2.92. The summed E-state index contributed by atoms with van der Waals surface area (Å²) in [5.74, 6) is -4.40. The maximum absolute atomic E-state index is 13.6. The number of phenolic OH excluding ortho intramolecular Hbond substituents is 7. The van der Waals surface area contributed by atoms with Crippen LogP contribution in [0.3, 0.4) is 0 Å². The Balaban J connectivity index is 1.48. The molecule has 0 aliphatic heterocycles. The van der Waals surface area contributed by atoms with Crippen LogP contribution >= 0.6 is 0 Å². The van der Waals surface area contributed by atoms with Crippen LogP contribution in [0.5, 0.6) is 51.7 Å². The van der Waals surface area contributed by atoms with Crippen molar-refractivity contribution in [3.8, 4) is 63.1 Å². The van der Waals surface area contributed by atoms with Gasteiger partial charge in [-0.15, -0.1) is 0 Å². The van der Waals surface area contributed by atoms with Crippen molar-refractivity contribution in [1.82, 2.24) is 0 Å². The number of aromatic hydroxyl groups is 7. The minimum Gasteiger partial charge on any atom is -0.508 e. The summed E-state index contributed by atoms with van der Waals surface area (Å²) in [4.78, 5) is 26.6. The molecular weight excluding hydrogens is 548 g/mol. The zero-order chi connectivity index (χ0) is 29.9. The van der Waals surface area contributed by atoms with Gasteiger partial charge in [0.2, 0.25) is 11.2 Å². The van der Waals surface area contributed by atoms with Crippen molar-refractivity contribution in [2.45, 2.75) is 18.8 Å². The molecule has 42 heavy (non-hydrogen) atoms. The maximum Gasteiger partial charge on any atom is 0.239 e. The minimum absolute atomic E-state index is 0.0415. The van der Waals surface area contributed by atoms with Crippen molar-refractivity contribution in [2.75, 3.05) is 0 Å². The Bertz CT molecular complexity index is 1990. The summed E-state index contributed by atoms with van der Waals surface area (Å²) in [7, 11) is 0. The number of hydrogen-bond donors (Lipinski definition) is 7. The molecule has 0 bridgehead atoms. The van der Waals surface area contributed by atoms with Gasteiger partial charge in [0.25, 0.3) is 0 Å². The van der Waals surface area contributed by atoms with Crippen molar-refractivity contribution in [3.63, 3.8) is 0 Å². The first kappa shape index (κ1) is 26.4. The number of ketones is 1. The number of rotatable bonds is 4. The molecule has 1 aliphatic carbocycles. The Kier molecular flexibility index (Phi) is 6.07. The highest BCUT2D eigenvalue weighted by Crippen LogP contribution is 2.43. The molecule has 0 amide bonds. The first-order chi connectivity index (χ1) is 20.0. The van der Waals surface area contributed by atoms with Crippen LogP contribution in [0, 0.1) is 0 Å². The van der Waals surface area contributed by atoms with Crippen LogP contribution in [0.15, 0.2) is 69.9 Å². The van der Waals surface area contributed by atoms with Crippen molar-refractivity contribution < 1.29 is 49.7 Å². The highest BCUT2D eigenvalue weighted by atomic mass is 16.5. The van der Waals surface area contributed by atoms with E-state index in [0.717, 1.165) is 30.3 Å². The third kappa shape index (κ3) is 4.42. The normalized spacial score (nSPS) is 14.6. The van der Waals surface area contributed by atoms with Crippen molar-refractivity contribution in [3.05, 3.63) is 87.6 Å². The molecule has 0 radical (unpaired) electrons. The highest BCUT2D eigenvalue weighted by molar-refractivity contribution is 6.02. The first-order valence-electron chi connectivity index (χ1n) is 12.6. The predicted octanol–water partition coefficient (Wildman–Crippen LogP) is 5.10. The van der Waals surface area contributed by atoms with Crippen LogP contribution in [-0.2, 0) is 6.42 Å². The molecule has 0 fully saturated rings. The summed E-state index contributed by atoms with van der Waals surface area (Å²) in [5, 5.41) is 70.3. The fourth-order valence-electron chi connectivity index (χ4n) is 5.23. The molecule has 1 unspecified atom stereocenters. The SMILES string of the molecule is O=C1CC(c2ccc(O)c(O)c2)Cc2cc(Oc3c(-c4ccc(O)c(O)c4)oc4cc(O)cc(O)c4c3=O)cc(O)c21. The first-order valence-corrected chi connectivity index (χ1v) is 12.6. The van der Waals surface area contributed by atoms with E-state index in [2.05, 4.69) is 0 Å². The Morgan fingerprint density at radius 3 is 2.12 bits per heavy atom. The lowest BCUT2D eigenvalue weighted by Gasteiger charge is -2.25. The lowest BCUT2D eigenvalue weighted by atomic mass is 9.79.